The predicted octanol–water partition coefficient (Wildman–Crippen LogP) is 2.72. The molecule has 1 aromatic heterocycles. The van der Waals surface area contributed by atoms with Gasteiger partial charge in [-0.05, 0) is 11.3 Å². The maximum atomic E-state index is 5.74. The minimum absolute atomic E-state index is 0.728. The van der Waals surface area contributed by atoms with Crippen molar-refractivity contribution in [3.63, 3.8) is 0 Å². The van der Waals surface area contributed by atoms with E-state index in [4.69, 9.17) is 15.9 Å². The van der Waals surface area contributed by atoms with Crippen molar-refractivity contribution in [3.8, 4) is 23.8 Å². The second-order valence-corrected chi connectivity index (χ2v) is 10.9. The van der Waals surface area contributed by atoms with Crippen molar-refractivity contribution in [2.24, 2.45) is 7.05 Å². The lowest BCUT2D eigenvalue weighted by Gasteiger charge is -2.17. The number of hydrogen-bond acceptors (Lipinski definition) is 2. The Morgan fingerprint density at radius 1 is 1.10 bits per heavy atom. The average Bonchev–Trinajstić information content (AvgIpc) is 2.69. The van der Waals surface area contributed by atoms with E-state index in [1.165, 1.54) is 10.6 Å². The van der Waals surface area contributed by atoms with Gasteiger partial charge >= 0.3 is 0 Å². The van der Waals surface area contributed by atoms with Crippen LogP contribution < -0.4 is 14.7 Å². The third kappa shape index (κ3) is 2.08. The van der Waals surface area contributed by atoms with E-state index >= 15 is 0 Å². The Hall–Kier alpha value is -1.86. The van der Waals surface area contributed by atoms with Crippen LogP contribution >= 0.6 is 0 Å². The predicted molar refractivity (Wildman–Crippen MR) is 86.9 cm³/mol. The first-order chi connectivity index (χ1) is 9.35. The Morgan fingerprint density at radius 3 is 2.10 bits per heavy atom. The van der Waals surface area contributed by atoms with Crippen LogP contribution in [-0.4, -0.2) is 26.9 Å². The summed E-state index contributed by atoms with van der Waals surface area (Å²) >= 11 is 0. The van der Waals surface area contributed by atoms with Gasteiger partial charge in [-0.3, -0.25) is 0 Å². The lowest BCUT2D eigenvalue weighted by molar-refractivity contribution is 0.355. The van der Waals surface area contributed by atoms with Gasteiger partial charge < -0.3 is 14.0 Å². The van der Waals surface area contributed by atoms with E-state index in [-0.39, 0.29) is 0 Å². The standard InChI is InChI=1S/C16H21NO2Si/c1-8-12-16(20(5,6)7)11-9-14(18-3)15(19-4)10-13(11)17(12)2/h1,9-10H,2-7H3. The highest BCUT2D eigenvalue weighted by molar-refractivity contribution is 6.91. The molecule has 3 nitrogen and oxygen atoms in total. The molecule has 1 aromatic carbocycles. The molecule has 0 bridgehead atoms. The molecule has 0 fully saturated rings. The molecule has 0 saturated carbocycles. The quantitative estimate of drug-likeness (QED) is 0.640. The van der Waals surface area contributed by atoms with E-state index in [1.54, 1.807) is 14.2 Å². The Labute approximate surface area is 121 Å². The number of terminal acetylenes is 1. The molecule has 106 valence electrons. The zero-order chi connectivity index (χ0) is 15.1. The van der Waals surface area contributed by atoms with Gasteiger partial charge in [0, 0.05) is 18.5 Å². The molecular formula is C16H21NO2Si. The highest BCUT2D eigenvalue weighted by Gasteiger charge is 2.27. The average molecular weight is 287 g/mol. The minimum Gasteiger partial charge on any atom is -0.493 e. The van der Waals surface area contributed by atoms with Gasteiger partial charge in [-0.2, -0.15) is 0 Å². The molecule has 0 unspecified atom stereocenters. The lowest BCUT2D eigenvalue weighted by Crippen LogP contribution is -2.39. The second kappa shape index (κ2) is 4.91. The fourth-order valence-electron chi connectivity index (χ4n) is 2.69. The first kappa shape index (κ1) is 14.5. The molecule has 0 aliphatic rings. The highest BCUT2D eigenvalue weighted by atomic mass is 28.3. The van der Waals surface area contributed by atoms with Crippen LogP contribution in [0.3, 0.4) is 0 Å². The summed E-state index contributed by atoms with van der Waals surface area (Å²) in [5, 5.41) is 2.48. The zero-order valence-corrected chi connectivity index (χ0v) is 14.0. The molecule has 0 saturated heterocycles. The van der Waals surface area contributed by atoms with E-state index in [9.17, 15) is 0 Å². The van der Waals surface area contributed by atoms with Crippen LogP contribution in [0.4, 0.5) is 0 Å². The molecule has 20 heavy (non-hydrogen) atoms. The maximum Gasteiger partial charge on any atom is 0.162 e. The van der Waals surface area contributed by atoms with Crippen LogP contribution in [0.5, 0.6) is 11.5 Å². The van der Waals surface area contributed by atoms with Crippen LogP contribution in [0.2, 0.25) is 19.6 Å². The molecular weight excluding hydrogens is 266 g/mol. The van der Waals surface area contributed by atoms with Gasteiger partial charge in [-0.15, -0.1) is 6.42 Å². The molecule has 0 atom stereocenters. The van der Waals surface area contributed by atoms with Crippen molar-refractivity contribution in [2.45, 2.75) is 19.6 Å². The fourth-order valence-corrected chi connectivity index (χ4v) is 4.65. The molecule has 0 spiro atoms. The lowest BCUT2D eigenvalue weighted by atomic mass is 10.2. The summed E-state index contributed by atoms with van der Waals surface area (Å²) in [6.07, 6.45) is 5.74. The Balaban J connectivity index is 2.95. The Kier molecular flexibility index (Phi) is 3.57. The van der Waals surface area contributed by atoms with Crippen LogP contribution in [0.1, 0.15) is 5.69 Å². The number of ether oxygens (including phenoxy) is 2. The molecule has 2 aromatic rings. The van der Waals surface area contributed by atoms with Crippen molar-refractivity contribution >= 4 is 24.2 Å². The summed E-state index contributed by atoms with van der Waals surface area (Å²) in [6.45, 7) is 6.91. The summed E-state index contributed by atoms with van der Waals surface area (Å²) in [6, 6.07) is 4.04. The molecule has 0 N–H and O–H groups in total. The second-order valence-electron chi connectivity index (χ2n) is 5.90. The van der Waals surface area contributed by atoms with E-state index in [2.05, 4.69) is 30.1 Å². The maximum absolute atomic E-state index is 5.74. The van der Waals surface area contributed by atoms with Gasteiger partial charge in [0.05, 0.1) is 33.5 Å². The van der Waals surface area contributed by atoms with Crippen LogP contribution in [-0.2, 0) is 7.05 Å². The molecule has 2 rings (SSSR count). The Morgan fingerprint density at radius 2 is 1.65 bits per heavy atom. The number of aromatic nitrogens is 1. The smallest absolute Gasteiger partial charge is 0.162 e. The van der Waals surface area contributed by atoms with Crippen molar-refractivity contribution in [2.75, 3.05) is 14.2 Å². The van der Waals surface area contributed by atoms with Crippen molar-refractivity contribution < 1.29 is 9.47 Å². The van der Waals surface area contributed by atoms with E-state index < -0.39 is 8.07 Å². The summed E-state index contributed by atoms with van der Waals surface area (Å²) in [5.41, 5.74) is 2.06. The van der Waals surface area contributed by atoms with Gasteiger partial charge in [0.25, 0.3) is 0 Å². The normalized spacial score (nSPS) is 11.4. The molecule has 0 radical (unpaired) electrons. The number of rotatable bonds is 3. The van der Waals surface area contributed by atoms with Crippen LogP contribution in [0.25, 0.3) is 10.9 Å². The van der Waals surface area contributed by atoms with Crippen molar-refractivity contribution in [1.29, 1.82) is 0 Å². The first-order valence-corrected chi connectivity index (χ1v) is 10.1. The first-order valence-electron chi connectivity index (χ1n) is 6.56. The third-order valence-corrected chi connectivity index (χ3v) is 5.60. The zero-order valence-electron chi connectivity index (χ0n) is 13.0. The minimum atomic E-state index is -1.57. The molecule has 0 aliphatic heterocycles. The van der Waals surface area contributed by atoms with Crippen LogP contribution in [0.15, 0.2) is 12.1 Å². The number of benzene rings is 1. The van der Waals surface area contributed by atoms with E-state index in [0.29, 0.717) is 0 Å². The number of fused-ring (bicyclic) bond motifs is 1. The van der Waals surface area contributed by atoms with Crippen molar-refractivity contribution in [3.05, 3.63) is 17.8 Å². The van der Waals surface area contributed by atoms with Gasteiger partial charge in [-0.1, -0.05) is 25.6 Å². The topological polar surface area (TPSA) is 23.4 Å². The third-order valence-electron chi connectivity index (χ3n) is 3.59. The monoisotopic (exact) mass is 287 g/mol. The largest absolute Gasteiger partial charge is 0.493 e. The van der Waals surface area contributed by atoms with Crippen LogP contribution in [0, 0.1) is 12.3 Å². The molecule has 4 heteroatoms. The van der Waals surface area contributed by atoms with Gasteiger partial charge in [0.1, 0.15) is 0 Å². The SMILES string of the molecule is C#Cc1c([Si](C)(C)C)c2cc(OC)c(OC)cc2n1C. The number of hydrogen-bond donors (Lipinski definition) is 0. The fraction of sp³-hybridized carbons (Fsp3) is 0.375. The molecule has 0 aliphatic carbocycles. The van der Waals surface area contributed by atoms with Crippen molar-refractivity contribution in [1.82, 2.24) is 4.57 Å². The molecule has 0 amide bonds. The summed E-state index contributed by atoms with van der Waals surface area (Å²) in [5.74, 6) is 4.32. The van der Waals surface area contributed by atoms with Gasteiger partial charge in [0.15, 0.2) is 11.5 Å². The Bertz CT molecular complexity index is 702. The highest BCUT2D eigenvalue weighted by Crippen LogP contribution is 2.33. The summed E-state index contributed by atoms with van der Waals surface area (Å²) < 4.78 is 12.9. The summed E-state index contributed by atoms with van der Waals surface area (Å²) in [7, 11) is 3.74. The summed E-state index contributed by atoms with van der Waals surface area (Å²) in [4.78, 5) is 0. The van der Waals surface area contributed by atoms with E-state index in [0.717, 1.165) is 22.7 Å². The number of nitrogens with zero attached hydrogens (tertiary/aromatic N) is 1. The number of methoxy groups -OCH3 is 2. The van der Waals surface area contributed by atoms with Gasteiger partial charge in [0.2, 0.25) is 0 Å². The van der Waals surface area contributed by atoms with E-state index in [1.807, 2.05) is 19.2 Å². The number of aryl methyl sites for hydroxylation is 1. The van der Waals surface area contributed by atoms with Gasteiger partial charge in [-0.25, -0.2) is 0 Å². The molecule has 1 heterocycles.